The molecule has 363 valence electrons. The minimum atomic E-state index is -0.692. The SMILES string of the molecule is CC(CCNC(=O)c1nc(NC(=O)c2nc(NC(=O)c3ncc(C(=O)NC[NH-])n3C)cn2C)cn1C)C(=O)Nc1cc(C(=O)Nc2cc(C(=O)Nc3ccn(C)c3)n(C)c2)n(C)c1.[Cl][Pt].[NH2-].[NH2-]. The first-order chi connectivity index (χ1) is 30.9. The first-order valence-corrected chi connectivity index (χ1v) is 22.2. The van der Waals surface area contributed by atoms with E-state index in [1.54, 1.807) is 86.7 Å². The Labute approximate surface area is 398 Å². The summed E-state index contributed by atoms with van der Waals surface area (Å²) in [7, 11) is 14.4. The van der Waals surface area contributed by atoms with Crippen molar-refractivity contribution in [2.75, 3.05) is 39.8 Å². The summed E-state index contributed by atoms with van der Waals surface area (Å²) in [6.45, 7) is 1.47. The van der Waals surface area contributed by atoms with Gasteiger partial charge in [-0.1, -0.05) is 13.6 Å². The number of carbonyl (C=O) groups is 7. The average molecular weight is 1130 g/mol. The summed E-state index contributed by atoms with van der Waals surface area (Å²) in [6.07, 6.45) is 11.1. The average Bonchev–Trinajstić information content (AvgIpc) is 4.12. The van der Waals surface area contributed by atoms with Crippen LogP contribution in [0.1, 0.15) is 76.7 Å². The van der Waals surface area contributed by atoms with Gasteiger partial charge in [0.25, 0.3) is 35.4 Å². The Hall–Kier alpha value is -7.38. The second kappa shape index (κ2) is 23.7. The van der Waals surface area contributed by atoms with Crippen LogP contribution in [-0.2, 0) is 65.9 Å². The van der Waals surface area contributed by atoms with Crippen molar-refractivity contribution in [2.45, 2.75) is 13.3 Å². The Morgan fingerprint density at radius 3 is 1.64 bits per heavy atom. The number of aromatic nitrogens is 9. The molecule has 0 aliphatic rings. The zero-order valence-electron chi connectivity index (χ0n) is 37.2. The van der Waals surface area contributed by atoms with Crippen LogP contribution in [0.5, 0.6) is 0 Å². The van der Waals surface area contributed by atoms with Crippen molar-refractivity contribution < 1.29 is 52.3 Å². The Bertz CT molecular complexity index is 2760. The number of anilines is 5. The molecule has 0 bridgehead atoms. The van der Waals surface area contributed by atoms with Crippen LogP contribution < -0.4 is 37.2 Å². The normalized spacial score (nSPS) is 10.9. The number of nitrogens with one attached hydrogen (secondary N) is 8. The third kappa shape index (κ3) is 13.1. The molecule has 0 saturated carbocycles. The van der Waals surface area contributed by atoms with Gasteiger partial charge in [0.15, 0.2) is 17.5 Å². The summed E-state index contributed by atoms with van der Waals surface area (Å²) in [5.74, 6) is -4.30. The van der Waals surface area contributed by atoms with E-state index in [2.05, 4.69) is 61.6 Å². The summed E-state index contributed by atoms with van der Waals surface area (Å²) >= 11 is 1.61. The van der Waals surface area contributed by atoms with Crippen LogP contribution in [-0.4, -0.2) is 96.9 Å². The number of nitrogens with zero attached hydrogens (tertiary/aromatic N) is 9. The van der Waals surface area contributed by atoms with E-state index in [-0.39, 0.29) is 84.2 Å². The van der Waals surface area contributed by atoms with E-state index < -0.39 is 35.5 Å². The van der Waals surface area contributed by atoms with Crippen molar-refractivity contribution in [3.63, 3.8) is 0 Å². The zero-order valence-corrected chi connectivity index (χ0v) is 40.2. The quantitative estimate of drug-likeness (QED) is 0.0725. The van der Waals surface area contributed by atoms with Crippen molar-refractivity contribution in [1.29, 1.82) is 0 Å². The van der Waals surface area contributed by atoms with E-state index >= 15 is 0 Å². The second-order valence-corrected chi connectivity index (χ2v) is 14.6. The van der Waals surface area contributed by atoms with E-state index in [1.807, 2.05) is 17.8 Å². The minimum Gasteiger partial charge on any atom is -0.693 e. The fraction of sp³-hybridized carbons (Fsp3) is 0.282. The molecule has 1 unspecified atom stereocenters. The maximum Gasteiger partial charge on any atom is -0.693 e. The topological polar surface area (TPSA) is 363 Å². The second-order valence-electron chi connectivity index (χ2n) is 14.6. The molecule has 0 fully saturated rings. The standard InChI is InChI=1S/C39H46N17O7.ClH.2H2N.Pt/c1-21(33(57)45-23-12-26(52(3)16-23)36(60)46-24-13-25(53(4)17-24)35(59)44-22-9-11-51(2)15-22)8-10-41-37(61)31-47-28(18-54(31)5)50-39(63)32-48-29(19-55(32)6)49-38(62)30-42-14-27(56(30)7)34(58)43-20-40;;;;/h9,11-19,21,40H,8,10,20H2,1-7H3,(H,41,61)(H,43,58)(H,44,59)(H,45,57)(H,46,60)(H,49,62)(H,50,63);1H;2*1H2;/q-1;;2*-1;+1/p-1. The summed E-state index contributed by atoms with van der Waals surface area (Å²) in [5.41, 5.74) is 9.26. The molecule has 0 saturated heterocycles. The first-order valence-electron chi connectivity index (χ1n) is 19.3. The number of imidazole rings is 3. The van der Waals surface area contributed by atoms with Gasteiger partial charge in [0, 0.05) is 91.9 Å². The monoisotopic (exact) mass is 1130 g/mol. The van der Waals surface area contributed by atoms with Crippen molar-refractivity contribution in [2.24, 2.45) is 48.2 Å². The number of carbonyl (C=O) groups excluding carboxylic acids is 7. The smallest absolute Gasteiger partial charge is 0.693 e. The first kappa shape index (κ1) is 54.0. The van der Waals surface area contributed by atoms with Crippen LogP contribution in [0.25, 0.3) is 18.0 Å². The van der Waals surface area contributed by atoms with E-state index in [0.29, 0.717) is 22.8 Å². The Morgan fingerprint density at radius 2 is 1.12 bits per heavy atom. The third-order valence-corrected chi connectivity index (χ3v) is 9.72. The summed E-state index contributed by atoms with van der Waals surface area (Å²) in [6, 6.07) is 4.86. The predicted molar refractivity (Wildman–Crippen MR) is 245 cm³/mol. The zero-order chi connectivity index (χ0) is 47.7. The molecular formula is C39H50ClN19O7Pt-3. The molecule has 6 aromatic heterocycles. The third-order valence-electron chi connectivity index (χ3n) is 9.72. The summed E-state index contributed by atoms with van der Waals surface area (Å²) in [5, 5.41) is 18.6. The van der Waals surface area contributed by atoms with Gasteiger partial charge in [0.2, 0.25) is 17.6 Å². The number of rotatable bonds is 16. The van der Waals surface area contributed by atoms with E-state index in [9.17, 15) is 33.6 Å². The van der Waals surface area contributed by atoms with Crippen LogP contribution in [0.2, 0.25) is 0 Å². The van der Waals surface area contributed by atoms with Crippen molar-refractivity contribution in [3.8, 4) is 0 Å². The molecule has 6 aromatic rings. The van der Waals surface area contributed by atoms with Gasteiger partial charge in [-0.3, -0.25) is 33.6 Å². The van der Waals surface area contributed by atoms with E-state index in [0.717, 1.165) is 0 Å². The van der Waals surface area contributed by atoms with Gasteiger partial charge in [-0.05, 0) is 24.6 Å². The van der Waals surface area contributed by atoms with Gasteiger partial charge in [0.05, 0.1) is 23.3 Å². The molecule has 28 heteroatoms. The number of halogens is 1. The number of aryl methyl sites for hydroxylation is 5. The van der Waals surface area contributed by atoms with Gasteiger partial charge in [0.1, 0.15) is 17.1 Å². The fourth-order valence-electron chi connectivity index (χ4n) is 6.38. The molecule has 6 rings (SSSR count). The van der Waals surface area contributed by atoms with Crippen LogP contribution in [0.3, 0.4) is 0 Å². The van der Waals surface area contributed by atoms with Crippen molar-refractivity contribution in [1.82, 2.24) is 53.0 Å². The number of nitrogens with two attached hydrogens (primary N) is 2. The largest absolute Gasteiger partial charge is 0.693 e. The molecule has 0 spiro atoms. The van der Waals surface area contributed by atoms with E-state index in [1.165, 1.54) is 52.5 Å². The van der Waals surface area contributed by atoms with Crippen molar-refractivity contribution >= 4 is 79.5 Å². The molecular weight excluding hydrogens is 1080 g/mol. The molecule has 0 radical (unpaired) electrons. The predicted octanol–water partition coefficient (Wildman–Crippen LogP) is 4.17. The Balaban J connectivity index is 0.00000294. The van der Waals surface area contributed by atoms with Gasteiger partial charge in [-0.15, -0.1) is 0 Å². The minimum absolute atomic E-state index is 0. The van der Waals surface area contributed by atoms with Crippen LogP contribution >= 0.6 is 9.42 Å². The summed E-state index contributed by atoms with van der Waals surface area (Å²) in [4.78, 5) is 103. The number of hydrogen-bond acceptors (Lipinski definition) is 10. The number of amides is 7. The molecule has 0 aromatic carbocycles. The summed E-state index contributed by atoms with van der Waals surface area (Å²) < 4.78 is 9.02. The van der Waals surface area contributed by atoms with E-state index in [4.69, 9.17) is 5.73 Å². The Kier molecular flexibility index (Phi) is 19.1. The fourth-order valence-corrected chi connectivity index (χ4v) is 6.38. The van der Waals surface area contributed by atoms with Crippen LogP contribution in [0.4, 0.5) is 28.7 Å². The van der Waals surface area contributed by atoms with Gasteiger partial charge >= 0.3 is 28.2 Å². The molecule has 67 heavy (non-hydrogen) atoms. The molecule has 6 heterocycles. The molecule has 12 N–H and O–H groups in total. The molecule has 7 amide bonds. The van der Waals surface area contributed by atoms with Gasteiger partial charge < -0.3 is 82.7 Å². The number of hydrogen-bond donors (Lipinski definition) is 7. The Morgan fingerprint density at radius 1 is 0.612 bits per heavy atom. The van der Waals surface area contributed by atoms with Gasteiger partial charge in [-0.2, -0.15) is 0 Å². The maximum absolute atomic E-state index is 13.2. The van der Waals surface area contributed by atoms with Crippen LogP contribution in [0.15, 0.2) is 61.6 Å². The van der Waals surface area contributed by atoms with Crippen molar-refractivity contribution in [3.05, 3.63) is 114 Å². The molecule has 26 nitrogen and oxygen atoms in total. The van der Waals surface area contributed by atoms with Gasteiger partial charge in [-0.25, -0.2) is 15.0 Å². The van der Waals surface area contributed by atoms with Crippen LogP contribution in [0, 0.1) is 5.92 Å². The molecule has 0 aliphatic heterocycles. The molecule has 1 atom stereocenters. The maximum atomic E-state index is 13.2. The molecule has 0 aliphatic carbocycles.